The van der Waals surface area contributed by atoms with Crippen molar-refractivity contribution < 1.29 is 4.79 Å². The Hall–Kier alpha value is -3.60. The highest BCUT2D eigenvalue weighted by Gasteiger charge is 2.28. The Kier molecular flexibility index (Phi) is 8.99. The minimum absolute atomic E-state index is 0.104. The fourth-order valence-corrected chi connectivity index (χ4v) is 5.37. The van der Waals surface area contributed by atoms with Crippen molar-refractivity contribution in [3.05, 3.63) is 107 Å². The summed E-state index contributed by atoms with van der Waals surface area (Å²) in [5.41, 5.74) is 16.8. The summed E-state index contributed by atoms with van der Waals surface area (Å²) >= 11 is 0. The maximum atomic E-state index is 13.8. The lowest BCUT2D eigenvalue weighted by Gasteiger charge is -2.34. The summed E-state index contributed by atoms with van der Waals surface area (Å²) in [5, 5.41) is 0. The van der Waals surface area contributed by atoms with Crippen molar-refractivity contribution >= 4 is 11.9 Å². The molecule has 0 aromatic heterocycles. The maximum Gasteiger partial charge on any atom is 0.253 e. The molecule has 1 aliphatic carbocycles. The van der Waals surface area contributed by atoms with Crippen molar-refractivity contribution in [3.8, 4) is 0 Å². The van der Waals surface area contributed by atoms with Crippen LogP contribution in [-0.2, 0) is 0 Å². The van der Waals surface area contributed by atoms with Gasteiger partial charge >= 0.3 is 0 Å². The first-order valence-corrected chi connectivity index (χ1v) is 13.4. The van der Waals surface area contributed by atoms with E-state index in [0.717, 1.165) is 37.8 Å². The third-order valence-electron chi connectivity index (χ3n) is 7.65. The molecule has 37 heavy (non-hydrogen) atoms. The van der Waals surface area contributed by atoms with Crippen molar-refractivity contribution in [2.45, 2.75) is 45.4 Å². The molecule has 3 aromatic carbocycles. The predicted molar refractivity (Wildman–Crippen MR) is 153 cm³/mol. The Morgan fingerprint density at radius 3 is 1.84 bits per heavy atom. The van der Waals surface area contributed by atoms with Crippen molar-refractivity contribution in [2.24, 2.45) is 28.3 Å². The van der Waals surface area contributed by atoms with Gasteiger partial charge in [-0.2, -0.15) is 0 Å². The van der Waals surface area contributed by atoms with Gasteiger partial charge < -0.3 is 16.4 Å². The van der Waals surface area contributed by atoms with E-state index < -0.39 is 0 Å². The van der Waals surface area contributed by atoms with Crippen molar-refractivity contribution in [1.82, 2.24) is 4.90 Å². The maximum absolute atomic E-state index is 13.8. The van der Waals surface area contributed by atoms with Crippen LogP contribution in [0.2, 0.25) is 0 Å². The molecule has 5 heteroatoms. The van der Waals surface area contributed by atoms with Crippen LogP contribution < -0.4 is 11.5 Å². The van der Waals surface area contributed by atoms with Crippen LogP contribution in [-0.4, -0.2) is 36.4 Å². The lowest BCUT2D eigenvalue weighted by molar-refractivity contribution is 0.0700. The second-order valence-electron chi connectivity index (χ2n) is 10.6. The van der Waals surface area contributed by atoms with Gasteiger partial charge in [-0.15, -0.1) is 0 Å². The second-order valence-corrected chi connectivity index (χ2v) is 10.6. The van der Waals surface area contributed by atoms with Gasteiger partial charge in [0.1, 0.15) is 0 Å². The summed E-state index contributed by atoms with van der Waals surface area (Å²) in [7, 11) is 0. The van der Waals surface area contributed by atoms with E-state index in [1.165, 1.54) is 22.3 Å². The predicted octanol–water partition coefficient (Wildman–Crippen LogP) is 5.66. The van der Waals surface area contributed by atoms with Crippen LogP contribution in [0.25, 0.3) is 0 Å². The quantitative estimate of drug-likeness (QED) is 0.296. The normalized spacial score (nSPS) is 17.4. The Labute approximate surface area is 221 Å². The fraction of sp³-hybridized carbons (Fsp3) is 0.375. The first kappa shape index (κ1) is 26.5. The number of carbonyl (C=O) groups excluding carboxylic acids is 1. The first-order chi connectivity index (χ1) is 17.9. The minimum Gasteiger partial charge on any atom is -0.370 e. The number of amides is 1. The van der Waals surface area contributed by atoms with Crippen LogP contribution >= 0.6 is 0 Å². The SMILES string of the molecule is Cc1ccc(C(CN(CC2CCC(CN=C(N)N)CC2)C(=O)c2ccccc2)c2ccc(C)cc2)cc1. The summed E-state index contributed by atoms with van der Waals surface area (Å²) in [6.07, 6.45) is 4.36. The minimum atomic E-state index is 0.104. The number of aliphatic imine (C=N–C) groups is 1. The number of hydrogen-bond acceptors (Lipinski definition) is 2. The molecule has 0 heterocycles. The zero-order valence-electron chi connectivity index (χ0n) is 22.1. The van der Waals surface area contributed by atoms with Crippen molar-refractivity contribution in [2.75, 3.05) is 19.6 Å². The molecule has 0 atom stereocenters. The average Bonchev–Trinajstić information content (AvgIpc) is 2.92. The summed E-state index contributed by atoms with van der Waals surface area (Å²) in [5.74, 6) is 1.36. The molecule has 0 saturated heterocycles. The lowest BCUT2D eigenvalue weighted by Crippen LogP contribution is -2.39. The number of nitrogens with two attached hydrogens (primary N) is 2. The number of carbonyl (C=O) groups is 1. The van der Waals surface area contributed by atoms with Crippen molar-refractivity contribution in [3.63, 3.8) is 0 Å². The van der Waals surface area contributed by atoms with Crippen LogP contribution in [0.4, 0.5) is 0 Å². The van der Waals surface area contributed by atoms with E-state index in [4.69, 9.17) is 11.5 Å². The molecule has 0 unspecified atom stereocenters. The molecule has 1 amide bonds. The summed E-state index contributed by atoms with van der Waals surface area (Å²) in [4.78, 5) is 20.2. The number of guanidine groups is 1. The largest absolute Gasteiger partial charge is 0.370 e. The Morgan fingerprint density at radius 1 is 0.811 bits per heavy atom. The third kappa shape index (κ3) is 7.45. The van der Waals surface area contributed by atoms with Gasteiger partial charge in [0.05, 0.1) is 0 Å². The van der Waals surface area contributed by atoms with E-state index >= 15 is 0 Å². The van der Waals surface area contributed by atoms with E-state index in [-0.39, 0.29) is 17.8 Å². The summed E-state index contributed by atoms with van der Waals surface area (Å²) in [6.45, 7) is 6.33. The van der Waals surface area contributed by atoms with Crippen LogP contribution in [0.3, 0.4) is 0 Å². The van der Waals surface area contributed by atoms with Gasteiger partial charge in [0.25, 0.3) is 5.91 Å². The van der Waals surface area contributed by atoms with Gasteiger partial charge in [-0.3, -0.25) is 9.79 Å². The summed E-state index contributed by atoms with van der Waals surface area (Å²) < 4.78 is 0. The smallest absolute Gasteiger partial charge is 0.253 e. The van der Waals surface area contributed by atoms with Gasteiger partial charge in [-0.25, -0.2) is 0 Å². The van der Waals surface area contributed by atoms with Crippen LogP contribution in [0.5, 0.6) is 0 Å². The fourth-order valence-electron chi connectivity index (χ4n) is 5.37. The highest BCUT2D eigenvalue weighted by molar-refractivity contribution is 5.94. The van der Waals surface area contributed by atoms with Crippen LogP contribution in [0, 0.1) is 25.7 Å². The number of aryl methyl sites for hydroxylation is 2. The number of nitrogens with zero attached hydrogens (tertiary/aromatic N) is 2. The molecule has 1 saturated carbocycles. The van der Waals surface area contributed by atoms with E-state index in [9.17, 15) is 4.79 Å². The monoisotopic (exact) mass is 496 g/mol. The average molecular weight is 497 g/mol. The second kappa shape index (κ2) is 12.6. The molecule has 0 bridgehead atoms. The Balaban J connectivity index is 1.58. The van der Waals surface area contributed by atoms with Crippen LogP contribution in [0.15, 0.2) is 83.9 Å². The van der Waals surface area contributed by atoms with Gasteiger partial charge in [0.2, 0.25) is 0 Å². The van der Waals surface area contributed by atoms with Crippen molar-refractivity contribution in [1.29, 1.82) is 0 Å². The molecule has 4 N–H and O–H groups in total. The molecule has 5 nitrogen and oxygen atoms in total. The molecular formula is C32H40N4O. The zero-order valence-corrected chi connectivity index (χ0v) is 22.1. The molecule has 0 radical (unpaired) electrons. The molecule has 1 fully saturated rings. The molecule has 1 aliphatic rings. The number of rotatable bonds is 9. The van der Waals surface area contributed by atoms with E-state index in [1.54, 1.807) is 0 Å². The van der Waals surface area contributed by atoms with Gasteiger partial charge in [0.15, 0.2) is 5.96 Å². The summed E-state index contributed by atoms with van der Waals surface area (Å²) in [6, 6.07) is 27.2. The Bertz CT molecular complexity index is 1110. The molecular weight excluding hydrogens is 456 g/mol. The Morgan fingerprint density at radius 2 is 1.32 bits per heavy atom. The molecule has 0 spiro atoms. The number of hydrogen-bond donors (Lipinski definition) is 2. The van der Waals surface area contributed by atoms with Crippen LogP contribution in [0.1, 0.15) is 64.2 Å². The highest BCUT2D eigenvalue weighted by Crippen LogP contribution is 2.32. The van der Waals surface area contributed by atoms with E-state index in [2.05, 4.69) is 72.3 Å². The zero-order chi connectivity index (χ0) is 26.2. The topological polar surface area (TPSA) is 84.7 Å². The van der Waals surface area contributed by atoms with Gasteiger partial charge in [-0.1, -0.05) is 77.9 Å². The van der Waals surface area contributed by atoms with E-state index in [0.29, 0.717) is 24.9 Å². The molecule has 3 aromatic rings. The van der Waals surface area contributed by atoms with Gasteiger partial charge in [0, 0.05) is 31.1 Å². The standard InChI is InChI=1S/C32H40N4O/c1-23-8-16-27(17-9-23)30(28-18-10-24(2)11-19-28)22-36(31(37)29-6-4-3-5-7-29)21-26-14-12-25(13-15-26)20-35-32(33)34/h3-11,16-19,25-26,30H,12-15,20-22H2,1-2H3,(H4,33,34,35). The number of benzene rings is 3. The third-order valence-corrected chi connectivity index (χ3v) is 7.65. The first-order valence-electron chi connectivity index (χ1n) is 13.4. The van der Waals surface area contributed by atoms with Gasteiger partial charge in [-0.05, 0) is 74.6 Å². The highest BCUT2D eigenvalue weighted by atomic mass is 16.2. The lowest BCUT2D eigenvalue weighted by atomic mass is 9.81. The van der Waals surface area contributed by atoms with E-state index in [1.807, 2.05) is 30.3 Å². The molecule has 0 aliphatic heterocycles. The molecule has 4 rings (SSSR count). The molecule has 194 valence electrons.